The molecule has 1 aromatic rings. The van der Waals surface area contributed by atoms with E-state index in [1.165, 1.54) is 0 Å². The molecule has 22 heavy (non-hydrogen) atoms. The van der Waals surface area contributed by atoms with Crippen molar-refractivity contribution in [3.63, 3.8) is 0 Å². The van der Waals surface area contributed by atoms with Crippen LogP contribution in [-0.4, -0.2) is 63.6 Å². The first-order valence-electron chi connectivity index (χ1n) is 6.78. The second kappa shape index (κ2) is 7.14. The Kier molecular flexibility index (Phi) is 5.46. The average molecular weight is 313 g/mol. The average Bonchev–Trinajstić information content (AvgIpc) is 2.52. The minimum absolute atomic E-state index is 0.0625. The van der Waals surface area contributed by atoms with Gasteiger partial charge in [-0.25, -0.2) is 4.79 Å². The van der Waals surface area contributed by atoms with Crippen LogP contribution in [0, 0.1) is 0 Å². The van der Waals surface area contributed by atoms with Crippen molar-refractivity contribution in [2.75, 3.05) is 6.54 Å². The zero-order chi connectivity index (χ0) is 16.3. The van der Waals surface area contributed by atoms with E-state index < -0.39 is 42.8 Å². The van der Waals surface area contributed by atoms with Crippen molar-refractivity contribution in [1.82, 2.24) is 0 Å². The van der Waals surface area contributed by atoms with Crippen LogP contribution < -0.4 is 5.73 Å². The summed E-state index contributed by atoms with van der Waals surface area (Å²) in [6.07, 6.45) is -8.82. The summed E-state index contributed by atoms with van der Waals surface area (Å²) in [5, 5.41) is 38.2. The number of carboxylic acids is 1. The molecule has 0 aromatic heterocycles. The van der Waals surface area contributed by atoms with Crippen molar-refractivity contribution in [3.05, 3.63) is 35.9 Å². The largest absolute Gasteiger partial charge is 0.479 e. The molecule has 8 nitrogen and oxygen atoms in total. The lowest BCUT2D eigenvalue weighted by Gasteiger charge is -2.39. The van der Waals surface area contributed by atoms with Gasteiger partial charge in [0.25, 0.3) is 0 Å². The fraction of sp³-hybridized carbons (Fsp3) is 0.500. The van der Waals surface area contributed by atoms with Gasteiger partial charge in [-0.15, -0.1) is 0 Å². The molecule has 122 valence electrons. The fourth-order valence-electron chi connectivity index (χ4n) is 2.26. The molecular formula is C14H19NO7. The van der Waals surface area contributed by atoms with E-state index in [2.05, 4.69) is 0 Å². The molecule has 1 saturated heterocycles. The topological polar surface area (TPSA) is 142 Å². The Labute approximate surface area is 126 Å². The van der Waals surface area contributed by atoms with Crippen LogP contribution >= 0.6 is 0 Å². The Bertz CT molecular complexity index is 497. The highest BCUT2D eigenvalue weighted by Gasteiger charge is 2.48. The van der Waals surface area contributed by atoms with Gasteiger partial charge in [-0.3, -0.25) is 0 Å². The van der Waals surface area contributed by atoms with Gasteiger partial charge >= 0.3 is 5.97 Å². The number of aliphatic carboxylic acids is 1. The molecule has 0 radical (unpaired) electrons. The van der Waals surface area contributed by atoms with Gasteiger partial charge in [0.05, 0.1) is 6.10 Å². The highest BCUT2D eigenvalue weighted by Crippen LogP contribution is 2.27. The standard InChI is InChI=1S/C14H19NO7/c15-6-8(7-4-2-1-3-5-7)21-14-11(18)9(16)10(17)12(22-14)13(19)20/h1-5,8-12,14,16-18H,6,15H2,(H,19,20)/t8-,9+,10-,11-,12-,14-/m0/s1. The van der Waals surface area contributed by atoms with Crippen LogP contribution in [0.4, 0.5) is 0 Å². The van der Waals surface area contributed by atoms with E-state index in [0.29, 0.717) is 5.56 Å². The third-order valence-electron chi connectivity index (χ3n) is 3.50. The number of ether oxygens (including phenoxy) is 2. The van der Waals surface area contributed by atoms with Crippen LogP contribution in [0.2, 0.25) is 0 Å². The van der Waals surface area contributed by atoms with Gasteiger partial charge in [0.1, 0.15) is 18.3 Å². The molecular weight excluding hydrogens is 294 g/mol. The summed E-state index contributed by atoms with van der Waals surface area (Å²) in [7, 11) is 0. The molecule has 0 aliphatic carbocycles. The number of carbonyl (C=O) groups is 1. The number of rotatable bonds is 5. The van der Waals surface area contributed by atoms with Gasteiger partial charge in [0.15, 0.2) is 12.4 Å². The van der Waals surface area contributed by atoms with Crippen LogP contribution in [0.15, 0.2) is 30.3 Å². The van der Waals surface area contributed by atoms with Crippen molar-refractivity contribution >= 4 is 5.97 Å². The maximum Gasteiger partial charge on any atom is 0.335 e. The van der Waals surface area contributed by atoms with E-state index in [4.69, 9.17) is 20.3 Å². The molecule has 6 atom stereocenters. The molecule has 1 fully saturated rings. The smallest absolute Gasteiger partial charge is 0.335 e. The third kappa shape index (κ3) is 3.43. The maximum absolute atomic E-state index is 11.0. The molecule has 1 aromatic carbocycles. The predicted octanol–water partition coefficient (Wildman–Crippen LogP) is -1.40. The van der Waals surface area contributed by atoms with Gasteiger partial charge < -0.3 is 35.6 Å². The Morgan fingerprint density at radius 2 is 1.82 bits per heavy atom. The zero-order valence-corrected chi connectivity index (χ0v) is 11.6. The van der Waals surface area contributed by atoms with E-state index in [-0.39, 0.29) is 6.54 Å². The lowest BCUT2D eigenvalue weighted by Crippen LogP contribution is -2.60. The van der Waals surface area contributed by atoms with Crippen molar-refractivity contribution in [2.24, 2.45) is 5.73 Å². The van der Waals surface area contributed by atoms with Crippen LogP contribution in [0.1, 0.15) is 11.7 Å². The first-order chi connectivity index (χ1) is 10.5. The van der Waals surface area contributed by atoms with Crippen molar-refractivity contribution in [3.8, 4) is 0 Å². The number of aliphatic hydroxyl groups excluding tert-OH is 3. The van der Waals surface area contributed by atoms with Gasteiger partial charge in [0.2, 0.25) is 0 Å². The second-order valence-electron chi connectivity index (χ2n) is 5.01. The van der Waals surface area contributed by atoms with E-state index in [9.17, 15) is 20.1 Å². The molecule has 6 N–H and O–H groups in total. The third-order valence-corrected chi connectivity index (χ3v) is 3.50. The van der Waals surface area contributed by atoms with Crippen LogP contribution in [0.3, 0.4) is 0 Å². The van der Waals surface area contributed by atoms with E-state index >= 15 is 0 Å². The summed E-state index contributed by atoms with van der Waals surface area (Å²) in [6.45, 7) is 0.0625. The van der Waals surface area contributed by atoms with E-state index in [0.717, 1.165) is 0 Å². The molecule has 0 unspecified atom stereocenters. The van der Waals surface area contributed by atoms with Gasteiger partial charge in [-0.2, -0.15) is 0 Å². The first-order valence-corrected chi connectivity index (χ1v) is 6.78. The van der Waals surface area contributed by atoms with Crippen molar-refractivity contribution in [1.29, 1.82) is 0 Å². The van der Waals surface area contributed by atoms with Crippen molar-refractivity contribution in [2.45, 2.75) is 36.8 Å². The molecule has 0 amide bonds. The second-order valence-corrected chi connectivity index (χ2v) is 5.01. The highest BCUT2D eigenvalue weighted by molar-refractivity contribution is 5.73. The summed E-state index contributed by atoms with van der Waals surface area (Å²) < 4.78 is 10.6. The summed E-state index contributed by atoms with van der Waals surface area (Å²) in [5.41, 5.74) is 6.35. The minimum atomic E-state index is -1.75. The van der Waals surface area contributed by atoms with E-state index in [1.807, 2.05) is 6.07 Å². The van der Waals surface area contributed by atoms with Crippen molar-refractivity contribution < 1.29 is 34.7 Å². The SMILES string of the molecule is NC[C@H](O[C@H]1O[C@H](C(=O)O)[C@@H](O)[C@@H](O)[C@@H]1O)c1ccccc1. The Morgan fingerprint density at radius 1 is 1.18 bits per heavy atom. The van der Waals surface area contributed by atoms with Crippen LogP contribution in [0.25, 0.3) is 0 Å². The summed E-state index contributed by atoms with van der Waals surface area (Å²) in [4.78, 5) is 11.0. The summed E-state index contributed by atoms with van der Waals surface area (Å²) in [5.74, 6) is -1.46. The number of hydrogen-bond donors (Lipinski definition) is 5. The number of hydrogen-bond acceptors (Lipinski definition) is 7. The molecule has 0 saturated carbocycles. The minimum Gasteiger partial charge on any atom is -0.479 e. The van der Waals surface area contributed by atoms with Crippen LogP contribution in [-0.2, 0) is 14.3 Å². The number of aliphatic hydroxyl groups is 3. The van der Waals surface area contributed by atoms with Gasteiger partial charge in [0, 0.05) is 6.54 Å². The van der Waals surface area contributed by atoms with E-state index in [1.54, 1.807) is 24.3 Å². The molecule has 0 spiro atoms. The van der Waals surface area contributed by atoms with Gasteiger partial charge in [-0.05, 0) is 5.56 Å². The quantitative estimate of drug-likeness (QED) is 0.446. The summed E-state index contributed by atoms with van der Waals surface area (Å²) >= 11 is 0. The summed E-state index contributed by atoms with van der Waals surface area (Å²) in [6, 6.07) is 8.87. The van der Waals surface area contributed by atoms with Crippen LogP contribution in [0.5, 0.6) is 0 Å². The molecule has 2 rings (SSSR count). The maximum atomic E-state index is 11.0. The molecule has 8 heteroatoms. The molecule has 1 aliphatic rings. The lowest BCUT2D eigenvalue weighted by molar-refractivity contribution is -0.304. The molecule has 1 aliphatic heterocycles. The predicted molar refractivity (Wildman–Crippen MR) is 73.6 cm³/mol. The normalized spacial score (nSPS) is 33.4. The Balaban J connectivity index is 2.14. The van der Waals surface area contributed by atoms with Gasteiger partial charge in [-0.1, -0.05) is 30.3 Å². The number of benzene rings is 1. The Hall–Kier alpha value is -1.55. The zero-order valence-electron chi connectivity index (χ0n) is 11.6. The monoisotopic (exact) mass is 313 g/mol. The first kappa shape index (κ1) is 16.8. The fourth-order valence-corrected chi connectivity index (χ4v) is 2.26. The lowest BCUT2D eigenvalue weighted by atomic mass is 9.99. The Morgan fingerprint density at radius 3 is 2.36 bits per heavy atom. The molecule has 0 bridgehead atoms. The highest BCUT2D eigenvalue weighted by atomic mass is 16.7. The number of carboxylic acid groups (broad SMARTS) is 1. The molecule has 1 heterocycles. The number of nitrogens with two attached hydrogens (primary N) is 1.